The van der Waals surface area contributed by atoms with Crippen LogP contribution in [0, 0.1) is 4.86 Å². The zero-order valence-corrected chi connectivity index (χ0v) is 4.83. The topological polar surface area (TPSA) is 0 Å². The molecule has 0 saturated carbocycles. The van der Waals surface area contributed by atoms with Gasteiger partial charge in [0.1, 0.15) is 0 Å². The van der Waals surface area contributed by atoms with Crippen molar-refractivity contribution in [3.05, 3.63) is 21.9 Å². The van der Waals surface area contributed by atoms with Gasteiger partial charge in [-0.2, -0.15) is 0 Å². The molecule has 1 unspecified atom stereocenters. The minimum absolute atomic E-state index is 0.153. The standard InChI is InChI=1S/C4H4As/c1-2-4-5-3-1/h1-3,5H/q-1. The minimum atomic E-state index is 0.153. The fourth-order valence-corrected chi connectivity index (χ4v) is 1.25. The zero-order chi connectivity index (χ0) is 3.54. The van der Waals surface area contributed by atoms with E-state index in [0.29, 0.717) is 0 Å². The van der Waals surface area contributed by atoms with E-state index in [0.717, 1.165) is 0 Å². The van der Waals surface area contributed by atoms with Gasteiger partial charge in [-0.25, -0.2) is 0 Å². The number of hydrogen-bond donors (Lipinski definition) is 0. The molecule has 0 fully saturated rings. The molecular formula is C4H4As-. The summed E-state index contributed by atoms with van der Waals surface area (Å²) in [4.78, 5) is 5.31. The van der Waals surface area contributed by atoms with Crippen LogP contribution in [0.25, 0.3) is 0 Å². The molecule has 0 bridgehead atoms. The van der Waals surface area contributed by atoms with Gasteiger partial charge in [-0.15, -0.1) is 0 Å². The second kappa shape index (κ2) is 1.47. The van der Waals surface area contributed by atoms with Gasteiger partial charge < -0.3 is 0 Å². The normalized spacial score (nSPS) is 22.4. The van der Waals surface area contributed by atoms with Crippen molar-refractivity contribution in [1.29, 1.82) is 0 Å². The van der Waals surface area contributed by atoms with E-state index in [-0.39, 0.29) is 15.8 Å². The predicted molar refractivity (Wildman–Crippen MR) is 24.1 cm³/mol. The van der Waals surface area contributed by atoms with Crippen molar-refractivity contribution in [2.45, 2.75) is 0 Å². The second-order valence-corrected chi connectivity index (χ2v) is 2.73. The van der Waals surface area contributed by atoms with E-state index in [4.69, 9.17) is 0 Å². The third-order valence-corrected chi connectivity index (χ3v) is 1.90. The maximum absolute atomic E-state index is 3.11. The summed E-state index contributed by atoms with van der Waals surface area (Å²) in [5.41, 5.74) is 0. The molecule has 0 aromatic heterocycles. The fraction of sp³-hybridized carbons (Fsp3) is 0. The summed E-state index contributed by atoms with van der Waals surface area (Å²) < 4.78 is 0. The summed E-state index contributed by atoms with van der Waals surface area (Å²) in [5, 5.41) is 0. The van der Waals surface area contributed by atoms with Gasteiger partial charge >= 0.3 is 37.6 Å². The SMILES string of the molecule is [C-]1=CC=C[AsH]1. The number of rotatable bonds is 0. The summed E-state index contributed by atoms with van der Waals surface area (Å²) in [6, 6.07) is 0. The van der Waals surface area contributed by atoms with Gasteiger partial charge in [0.05, 0.1) is 0 Å². The molecule has 0 N–H and O–H groups in total. The van der Waals surface area contributed by atoms with Crippen molar-refractivity contribution in [2.75, 3.05) is 0 Å². The van der Waals surface area contributed by atoms with E-state index in [1.165, 1.54) is 0 Å². The van der Waals surface area contributed by atoms with E-state index < -0.39 is 0 Å². The van der Waals surface area contributed by atoms with E-state index in [1.54, 1.807) is 0 Å². The van der Waals surface area contributed by atoms with Crippen LogP contribution in [0.4, 0.5) is 0 Å². The summed E-state index contributed by atoms with van der Waals surface area (Å²) in [5.74, 6) is 0. The summed E-state index contributed by atoms with van der Waals surface area (Å²) >= 11 is 0.153. The molecule has 1 rings (SSSR count). The Hall–Kier alpha value is 0.0384. The van der Waals surface area contributed by atoms with E-state index >= 15 is 0 Å². The first-order valence-corrected chi connectivity index (χ1v) is 3.75. The van der Waals surface area contributed by atoms with Crippen LogP contribution < -0.4 is 0 Å². The molecule has 0 aromatic rings. The average molecular weight is 127 g/mol. The van der Waals surface area contributed by atoms with Gasteiger partial charge in [-0.1, -0.05) is 0 Å². The van der Waals surface area contributed by atoms with Crippen molar-refractivity contribution in [1.82, 2.24) is 0 Å². The first-order valence-electron chi connectivity index (χ1n) is 1.49. The van der Waals surface area contributed by atoms with Gasteiger partial charge in [0.15, 0.2) is 0 Å². The van der Waals surface area contributed by atoms with Gasteiger partial charge in [0.2, 0.25) is 0 Å². The van der Waals surface area contributed by atoms with E-state index in [9.17, 15) is 0 Å². The Kier molecular flexibility index (Phi) is 0.951. The molecule has 1 aliphatic heterocycles. The van der Waals surface area contributed by atoms with E-state index in [1.807, 2.05) is 6.08 Å². The monoisotopic (exact) mass is 127 g/mol. The van der Waals surface area contributed by atoms with Crippen molar-refractivity contribution in [3.8, 4) is 0 Å². The third-order valence-electron chi connectivity index (χ3n) is 0.442. The first-order chi connectivity index (χ1) is 2.50. The van der Waals surface area contributed by atoms with Crippen LogP contribution in [-0.2, 0) is 0 Å². The molecule has 1 heterocycles. The molecule has 0 aromatic carbocycles. The van der Waals surface area contributed by atoms with Gasteiger partial charge in [-0.05, 0) is 0 Å². The molecule has 0 saturated heterocycles. The summed E-state index contributed by atoms with van der Waals surface area (Å²) in [6.45, 7) is 0. The number of allylic oxidation sites excluding steroid dienone is 2. The van der Waals surface area contributed by atoms with Crippen LogP contribution in [0.5, 0.6) is 0 Å². The molecule has 0 spiro atoms. The summed E-state index contributed by atoms with van der Waals surface area (Å²) in [7, 11) is 0. The van der Waals surface area contributed by atoms with Crippen molar-refractivity contribution >= 4 is 15.8 Å². The molecule has 0 nitrogen and oxygen atoms in total. The maximum atomic E-state index is 3.11. The van der Waals surface area contributed by atoms with E-state index in [2.05, 4.69) is 15.8 Å². The van der Waals surface area contributed by atoms with Gasteiger partial charge in [-0.3, -0.25) is 0 Å². The Morgan fingerprint density at radius 2 is 2.60 bits per heavy atom. The molecule has 1 heteroatoms. The molecule has 0 amide bonds. The Balaban J connectivity index is 2.61. The van der Waals surface area contributed by atoms with Gasteiger partial charge in [0.25, 0.3) is 0 Å². The van der Waals surface area contributed by atoms with Crippen LogP contribution in [-0.4, -0.2) is 15.8 Å². The van der Waals surface area contributed by atoms with Crippen LogP contribution in [0.3, 0.4) is 0 Å². The molecular weight excluding hydrogens is 123 g/mol. The van der Waals surface area contributed by atoms with Gasteiger partial charge in [0, 0.05) is 0 Å². The van der Waals surface area contributed by atoms with Crippen molar-refractivity contribution in [3.63, 3.8) is 0 Å². The fourth-order valence-electron chi connectivity index (χ4n) is 0.241. The Morgan fingerprint density at radius 3 is 2.80 bits per heavy atom. The average Bonchev–Trinajstić information content (AvgIpc) is 1.76. The Labute approximate surface area is 38.3 Å². The molecule has 0 aliphatic carbocycles. The predicted octanol–water partition coefficient (Wildman–Crippen LogP) is 0.267. The van der Waals surface area contributed by atoms with Crippen LogP contribution in [0.15, 0.2) is 17.0 Å². The van der Waals surface area contributed by atoms with Crippen molar-refractivity contribution in [2.24, 2.45) is 0 Å². The second-order valence-electron chi connectivity index (χ2n) is 0.814. The number of hydrogen-bond acceptors (Lipinski definition) is 0. The Morgan fingerprint density at radius 1 is 1.60 bits per heavy atom. The zero-order valence-electron chi connectivity index (χ0n) is 2.73. The first kappa shape index (κ1) is 3.24. The Bertz CT molecular complexity index is 61.7. The molecule has 5 heavy (non-hydrogen) atoms. The molecule has 0 radical (unpaired) electrons. The van der Waals surface area contributed by atoms with Crippen molar-refractivity contribution < 1.29 is 0 Å². The third kappa shape index (κ3) is 0.661. The molecule has 1 aliphatic rings. The molecule has 1 atom stereocenters. The quantitative estimate of drug-likeness (QED) is 0.323. The molecule has 26 valence electrons. The van der Waals surface area contributed by atoms with Crippen LogP contribution in [0.1, 0.15) is 0 Å². The van der Waals surface area contributed by atoms with Crippen LogP contribution in [0.2, 0.25) is 0 Å². The summed E-state index contributed by atoms with van der Waals surface area (Å²) in [6.07, 6.45) is 4.04. The van der Waals surface area contributed by atoms with Crippen LogP contribution >= 0.6 is 0 Å².